The van der Waals surface area contributed by atoms with E-state index in [0.717, 1.165) is 17.6 Å². The highest BCUT2D eigenvalue weighted by molar-refractivity contribution is 5.81. The summed E-state index contributed by atoms with van der Waals surface area (Å²) >= 11 is 0. The van der Waals surface area contributed by atoms with E-state index in [1.54, 1.807) is 6.92 Å². The Labute approximate surface area is 98.8 Å². The highest BCUT2D eigenvalue weighted by atomic mass is 16.5. The quantitative estimate of drug-likeness (QED) is 0.779. The second-order valence-electron chi connectivity index (χ2n) is 4.38. The molecule has 6 heteroatoms. The molecule has 0 saturated heterocycles. The molecule has 17 heavy (non-hydrogen) atoms. The molecule has 2 aromatic heterocycles. The first-order valence-corrected chi connectivity index (χ1v) is 5.49. The fraction of sp³-hybridized carbons (Fsp3) is 0.545. The fourth-order valence-electron chi connectivity index (χ4n) is 1.79. The summed E-state index contributed by atoms with van der Waals surface area (Å²) in [5, 5.41) is 8.82. The molecule has 0 aliphatic carbocycles. The van der Waals surface area contributed by atoms with Crippen LogP contribution in [0.15, 0.2) is 9.32 Å². The Morgan fingerprint density at radius 2 is 2.06 bits per heavy atom. The lowest BCUT2D eigenvalue weighted by Crippen LogP contribution is -2.29. The van der Waals surface area contributed by atoms with Gasteiger partial charge in [-0.1, -0.05) is 5.16 Å². The largest absolute Gasteiger partial charge is 0.360 e. The van der Waals surface area contributed by atoms with Crippen LogP contribution in [0.5, 0.6) is 0 Å². The molecule has 0 fully saturated rings. The van der Waals surface area contributed by atoms with Crippen LogP contribution in [-0.4, -0.2) is 40.5 Å². The second kappa shape index (κ2) is 4.29. The molecule has 0 saturated carbocycles. The highest BCUT2D eigenvalue weighted by Gasteiger charge is 2.14. The number of nitrogens with zero attached hydrogens (tertiary/aromatic N) is 4. The van der Waals surface area contributed by atoms with Crippen molar-refractivity contribution in [2.24, 2.45) is 0 Å². The SMILES string of the molecule is Cc1nn(CCN(C)C)c(=O)c2noc(C)c12. The normalized spacial score (nSPS) is 11.6. The van der Waals surface area contributed by atoms with E-state index >= 15 is 0 Å². The van der Waals surface area contributed by atoms with Crippen molar-refractivity contribution >= 4 is 10.9 Å². The summed E-state index contributed by atoms with van der Waals surface area (Å²) < 4.78 is 6.49. The molecule has 2 aromatic rings. The van der Waals surface area contributed by atoms with E-state index in [1.165, 1.54) is 4.68 Å². The molecule has 2 heterocycles. The van der Waals surface area contributed by atoms with Crippen LogP contribution >= 0.6 is 0 Å². The van der Waals surface area contributed by atoms with E-state index in [2.05, 4.69) is 10.3 Å². The monoisotopic (exact) mass is 236 g/mol. The van der Waals surface area contributed by atoms with Crippen LogP contribution < -0.4 is 5.56 Å². The third-order valence-corrected chi connectivity index (χ3v) is 2.69. The molecule has 0 unspecified atom stereocenters. The van der Waals surface area contributed by atoms with Gasteiger partial charge >= 0.3 is 0 Å². The summed E-state index contributed by atoms with van der Waals surface area (Å²) in [6.45, 7) is 4.95. The zero-order valence-corrected chi connectivity index (χ0v) is 10.5. The fourth-order valence-corrected chi connectivity index (χ4v) is 1.79. The standard InChI is InChI=1S/C11H16N4O2/c1-7-9-8(2)17-13-10(9)11(16)15(12-7)6-5-14(3)4/h5-6H2,1-4H3. The molecule has 6 nitrogen and oxygen atoms in total. The van der Waals surface area contributed by atoms with E-state index in [0.29, 0.717) is 17.8 Å². The summed E-state index contributed by atoms with van der Waals surface area (Å²) in [5.74, 6) is 0.641. The molecular weight excluding hydrogens is 220 g/mol. The van der Waals surface area contributed by atoms with Crippen molar-refractivity contribution in [3.8, 4) is 0 Å². The molecule has 0 aromatic carbocycles. The zero-order chi connectivity index (χ0) is 12.6. The Kier molecular flexibility index (Phi) is 2.97. The minimum absolute atomic E-state index is 0.190. The number of hydrogen-bond donors (Lipinski definition) is 0. The maximum absolute atomic E-state index is 12.1. The van der Waals surface area contributed by atoms with E-state index in [9.17, 15) is 4.79 Å². The molecule has 2 rings (SSSR count). The van der Waals surface area contributed by atoms with Crippen LogP contribution in [0.4, 0.5) is 0 Å². The van der Waals surface area contributed by atoms with Gasteiger partial charge in [-0.05, 0) is 27.9 Å². The van der Waals surface area contributed by atoms with Crippen LogP contribution in [0.25, 0.3) is 10.9 Å². The zero-order valence-electron chi connectivity index (χ0n) is 10.5. The van der Waals surface area contributed by atoms with Gasteiger partial charge in [-0.2, -0.15) is 5.10 Å². The third-order valence-electron chi connectivity index (χ3n) is 2.69. The lowest BCUT2D eigenvalue weighted by molar-refractivity contribution is 0.367. The van der Waals surface area contributed by atoms with E-state index in [-0.39, 0.29) is 5.56 Å². The molecule has 0 aliphatic heterocycles. The van der Waals surface area contributed by atoms with Gasteiger partial charge in [0.15, 0.2) is 5.52 Å². The Hall–Kier alpha value is -1.69. The molecule has 0 spiro atoms. The Balaban J connectivity index is 2.52. The molecule has 0 bridgehead atoms. The van der Waals surface area contributed by atoms with Crippen LogP contribution in [0.2, 0.25) is 0 Å². The van der Waals surface area contributed by atoms with Gasteiger partial charge in [0, 0.05) is 6.54 Å². The van der Waals surface area contributed by atoms with Crippen LogP contribution in [-0.2, 0) is 6.54 Å². The number of fused-ring (bicyclic) bond motifs is 1. The molecule has 0 N–H and O–H groups in total. The van der Waals surface area contributed by atoms with Gasteiger partial charge in [0.05, 0.1) is 17.6 Å². The smallest absolute Gasteiger partial charge is 0.296 e. The maximum atomic E-state index is 12.1. The van der Waals surface area contributed by atoms with Gasteiger partial charge in [-0.25, -0.2) is 4.68 Å². The lowest BCUT2D eigenvalue weighted by atomic mass is 10.2. The van der Waals surface area contributed by atoms with Crippen LogP contribution in [0.1, 0.15) is 11.5 Å². The summed E-state index contributed by atoms with van der Waals surface area (Å²) in [6.07, 6.45) is 0. The van der Waals surface area contributed by atoms with Crippen molar-refractivity contribution < 1.29 is 4.52 Å². The summed E-state index contributed by atoms with van der Waals surface area (Å²) in [6, 6.07) is 0. The van der Waals surface area contributed by atoms with Crippen molar-refractivity contribution in [3.05, 3.63) is 21.8 Å². The van der Waals surface area contributed by atoms with Crippen LogP contribution in [0.3, 0.4) is 0 Å². The predicted molar refractivity (Wildman–Crippen MR) is 64.1 cm³/mol. The first-order chi connectivity index (χ1) is 8.00. The van der Waals surface area contributed by atoms with E-state index < -0.39 is 0 Å². The Morgan fingerprint density at radius 3 is 2.71 bits per heavy atom. The second-order valence-corrected chi connectivity index (χ2v) is 4.38. The van der Waals surface area contributed by atoms with Crippen LogP contribution in [0, 0.1) is 13.8 Å². The van der Waals surface area contributed by atoms with E-state index in [4.69, 9.17) is 4.52 Å². The molecule has 0 aliphatic rings. The molecule has 0 amide bonds. The van der Waals surface area contributed by atoms with Crippen molar-refractivity contribution in [1.82, 2.24) is 19.8 Å². The first kappa shape index (κ1) is 11.8. The van der Waals surface area contributed by atoms with Gasteiger partial charge in [0.2, 0.25) is 0 Å². The Morgan fingerprint density at radius 1 is 1.35 bits per heavy atom. The maximum Gasteiger partial charge on any atom is 0.296 e. The lowest BCUT2D eigenvalue weighted by Gasteiger charge is -2.10. The van der Waals surface area contributed by atoms with Gasteiger partial charge in [-0.3, -0.25) is 4.79 Å². The summed E-state index contributed by atoms with van der Waals surface area (Å²) in [5.41, 5.74) is 0.954. The van der Waals surface area contributed by atoms with Gasteiger partial charge < -0.3 is 9.42 Å². The average molecular weight is 236 g/mol. The summed E-state index contributed by atoms with van der Waals surface area (Å²) in [4.78, 5) is 14.1. The molecular formula is C11H16N4O2. The number of aryl methyl sites for hydroxylation is 2. The van der Waals surface area contributed by atoms with E-state index in [1.807, 2.05) is 25.9 Å². The third kappa shape index (κ3) is 2.08. The number of hydrogen-bond acceptors (Lipinski definition) is 5. The van der Waals surface area contributed by atoms with Gasteiger partial charge in [-0.15, -0.1) is 0 Å². The number of rotatable bonds is 3. The predicted octanol–water partition coefficient (Wildman–Crippen LogP) is 0.563. The van der Waals surface area contributed by atoms with Crippen molar-refractivity contribution in [3.63, 3.8) is 0 Å². The Bertz CT molecular complexity index is 597. The topological polar surface area (TPSA) is 64.2 Å². The average Bonchev–Trinajstić information content (AvgIpc) is 2.64. The minimum Gasteiger partial charge on any atom is -0.360 e. The molecule has 0 radical (unpaired) electrons. The highest BCUT2D eigenvalue weighted by Crippen LogP contribution is 2.16. The first-order valence-electron chi connectivity index (χ1n) is 5.49. The summed E-state index contributed by atoms with van der Waals surface area (Å²) in [7, 11) is 3.91. The molecule has 0 atom stereocenters. The number of likely N-dealkylation sites (N-methyl/N-ethyl adjacent to an activating group) is 1. The minimum atomic E-state index is -0.190. The van der Waals surface area contributed by atoms with Gasteiger partial charge in [0.1, 0.15) is 5.76 Å². The van der Waals surface area contributed by atoms with Gasteiger partial charge in [0.25, 0.3) is 5.56 Å². The number of aromatic nitrogens is 3. The molecule has 92 valence electrons. The van der Waals surface area contributed by atoms with Crippen molar-refractivity contribution in [2.45, 2.75) is 20.4 Å². The van der Waals surface area contributed by atoms with Crippen molar-refractivity contribution in [2.75, 3.05) is 20.6 Å². The van der Waals surface area contributed by atoms with Crippen molar-refractivity contribution in [1.29, 1.82) is 0 Å².